The quantitative estimate of drug-likeness (QED) is 0.604. The molecule has 0 N–H and O–H groups in total. The number of hydrogen-bond acceptors (Lipinski definition) is 3. The van der Waals surface area contributed by atoms with Gasteiger partial charge in [0, 0.05) is 33.7 Å². The Labute approximate surface area is 153 Å². The lowest BCUT2D eigenvalue weighted by Crippen LogP contribution is -2.52. The van der Waals surface area contributed by atoms with Gasteiger partial charge in [0.05, 0.1) is 12.5 Å². The topological polar surface area (TPSA) is 32.8 Å². The standard InChI is InChI=1S/C21H34N2O2/c1-17(2)8-6-5-7-13-25-20-11-9-18(10-12-20)14-23-15-19(16-23)21(24)22(3)4/h9-12,17,19H,5-8,13-16H2,1-4H3. The van der Waals surface area contributed by atoms with Gasteiger partial charge in [-0.3, -0.25) is 9.69 Å². The lowest BCUT2D eigenvalue weighted by molar-refractivity contribution is -0.138. The summed E-state index contributed by atoms with van der Waals surface area (Å²) in [7, 11) is 3.65. The van der Waals surface area contributed by atoms with Crippen LogP contribution in [0.5, 0.6) is 5.75 Å². The van der Waals surface area contributed by atoms with Gasteiger partial charge in [0.1, 0.15) is 5.75 Å². The summed E-state index contributed by atoms with van der Waals surface area (Å²) in [5.74, 6) is 2.18. The van der Waals surface area contributed by atoms with Gasteiger partial charge < -0.3 is 9.64 Å². The summed E-state index contributed by atoms with van der Waals surface area (Å²) in [5.41, 5.74) is 1.28. The van der Waals surface area contributed by atoms with Gasteiger partial charge in [-0.05, 0) is 30.0 Å². The van der Waals surface area contributed by atoms with Crippen LogP contribution < -0.4 is 4.74 Å². The minimum atomic E-state index is 0.174. The number of rotatable bonds is 10. The van der Waals surface area contributed by atoms with Crippen molar-refractivity contribution in [3.63, 3.8) is 0 Å². The number of ether oxygens (including phenoxy) is 1. The maximum absolute atomic E-state index is 11.8. The molecule has 2 rings (SSSR count). The first-order valence-corrected chi connectivity index (χ1v) is 9.61. The van der Waals surface area contributed by atoms with Crippen LogP contribution in [0.25, 0.3) is 0 Å². The van der Waals surface area contributed by atoms with Crippen LogP contribution in [0.15, 0.2) is 24.3 Å². The van der Waals surface area contributed by atoms with Crippen LogP contribution in [0.2, 0.25) is 0 Å². The molecule has 1 aromatic carbocycles. The summed E-state index contributed by atoms with van der Waals surface area (Å²) in [4.78, 5) is 15.9. The first-order chi connectivity index (χ1) is 12.0. The number of likely N-dealkylation sites (tertiary alicyclic amines) is 1. The lowest BCUT2D eigenvalue weighted by Gasteiger charge is -2.39. The van der Waals surface area contributed by atoms with Crippen molar-refractivity contribution in [2.45, 2.75) is 46.1 Å². The van der Waals surface area contributed by atoms with Gasteiger partial charge in [-0.2, -0.15) is 0 Å². The van der Waals surface area contributed by atoms with Crippen LogP contribution in [0.3, 0.4) is 0 Å². The molecule has 0 atom stereocenters. The highest BCUT2D eigenvalue weighted by Crippen LogP contribution is 2.21. The van der Waals surface area contributed by atoms with Crippen molar-refractivity contribution < 1.29 is 9.53 Å². The van der Waals surface area contributed by atoms with E-state index in [0.717, 1.165) is 44.3 Å². The second kappa shape index (κ2) is 9.81. The van der Waals surface area contributed by atoms with Crippen LogP contribution in [-0.4, -0.2) is 49.5 Å². The molecule has 1 saturated heterocycles. The SMILES string of the molecule is CC(C)CCCCCOc1ccc(CN2CC(C(=O)N(C)C)C2)cc1. The van der Waals surface area contributed by atoms with Gasteiger partial charge in [-0.15, -0.1) is 0 Å². The van der Waals surface area contributed by atoms with Crippen LogP contribution in [0.1, 0.15) is 45.1 Å². The third kappa shape index (κ3) is 6.69. The Morgan fingerprint density at radius 1 is 1.16 bits per heavy atom. The van der Waals surface area contributed by atoms with E-state index < -0.39 is 0 Å². The predicted molar refractivity (Wildman–Crippen MR) is 103 cm³/mol. The molecule has 1 amide bonds. The summed E-state index contributed by atoms with van der Waals surface area (Å²) in [5, 5.41) is 0. The zero-order valence-corrected chi connectivity index (χ0v) is 16.3. The van der Waals surface area contributed by atoms with E-state index in [1.54, 1.807) is 4.90 Å². The Balaban J connectivity index is 1.61. The second-order valence-corrected chi connectivity index (χ2v) is 7.86. The van der Waals surface area contributed by atoms with Crippen molar-refractivity contribution in [1.82, 2.24) is 9.80 Å². The van der Waals surface area contributed by atoms with E-state index in [1.165, 1.54) is 24.8 Å². The summed E-state index contributed by atoms with van der Waals surface area (Å²) < 4.78 is 5.82. The molecule has 0 bridgehead atoms. The van der Waals surface area contributed by atoms with Gasteiger partial charge in [0.2, 0.25) is 5.91 Å². The van der Waals surface area contributed by atoms with Crippen LogP contribution in [-0.2, 0) is 11.3 Å². The molecule has 25 heavy (non-hydrogen) atoms. The fourth-order valence-electron chi connectivity index (χ4n) is 3.19. The summed E-state index contributed by atoms with van der Waals surface area (Å²) in [6.07, 6.45) is 4.99. The fourth-order valence-corrected chi connectivity index (χ4v) is 3.19. The molecular weight excluding hydrogens is 312 g/mol. The molecule has 0 aromatic heterocycles. The molecule has 140 valence electrons. The minimum absolute atomic E-state index is 0.174. The van der Waals surface area contributed by atoms with Gasteiger partial charge in [-0.25, -0.2) is 0 Å². The number of nitrogens with zero attached hydrogens (tertiary/aromatic N) is 2. The van der Waals surface area contributed by atoms with E-state index >= 15 is 0 Å². The molecule has 1 aliphatic heterocycles. The van der Waals surface area contributed by atoms with E-state index in [4.69, 9.17) is 4.74 Å². The molecule has 1 heterocycles. The molecule has 4 heteroatoms. The van der Waals surface area contributed by atoms with Gasteiger partial charge in [-0.1, -0.05) is 45.2 Å². The number of hydrogen-bond donors (Lipinski definition) is 0. The van der Waals surface area contributed by atoms with Crippen molar-refractivity contribution in [3.8, 4) is 5.75 Å². The number of carbonyl (C=O) groups excluding carboxylic acids is 1. The smallest absolute Gasteiger partial charge is 0.227 e. The largest absolute Gasteiger partial charge is 0.494 e. The van der Waals surface area contributed by atoms with Crippen molar-refractivity contribution in [2.75, 3.05) is 33.8 Å². The maximum Gasteiger partial charge on any atom is 0.227 e. The fraction of sp³-hybridized carbons (Fsp3) is 0.667. The van der Waals surface area contributed by atoms with E-state index in [1.807, 2.05) is 14.1 Å². The third-order valence-corrected chi connectivity index (χ3v) is 4.77. The molecule has 0 aliphatic carbocycles. The van der Waals surface area contributed by atoms with Crippen molar-refractivity contribution in [2.24, 2.45) is 11.8 Å². The highest BCUT2D eigenvalue weighted by atomic mass is 16.5. The van der Waals surface area contributed by atoms with Crippen LogP contribution in [0.4, 0.5) is 0 Å². The molecule has 4 nitrogen and oxygen atoms in total. The Morgan fingerprint density at radius 2 is 1.84 bits per heavy atom. The summed E-state index contributed by atoms with van der Waals surface area (Å²) in [6.45, 7) is 8.00. The maximum atomic E-state index is 11.8. The van der Waals surface area contributed by atoms with Gasteiger partial charge >= 0.3 is 0 Å². The molecule has 0 saturated carbocycles. The Hall–Kier alpha value is -1.55. The highest BCUT2D eigenvalue weighted by Gasteiger charge is 2.33. The van der Waals surface area contributed by atoms with E-state index in [0.29, 0.717) is 0 Å². The van der Waals surface area contributed by atoms with E-state index in [9.17, 15) is 4.79 Å². The van der Waals surface area contributed by atoms with Crippen molar-refractivity contribution >= 4 is 5.91 Å². The van der Waals surface area contributed by atoms with Crippen LogP contribution in [0, 0.1) is 11.8 Å². The average Bonchev–Trinajstić information content (AvgIpc) is 2.54. The van der Waals surface area contributed by atoms with Gasteiger partial charge in [0.25, 0.3) is 0 Å². The summed E-state index contributed by atoms with van der Waals surface area (Å²) >= 11 is 0. The Morgan fingerprint density at radius 3 is 2.44 bits per heavy atom. The molecule has 1 aromatic rings. The monoisotopic (exact) mass is 346 g/mol. The molecule has 1 fully saturated rings. The number of unbranched alkanes of at least 4 members (excludes halogenated alkanes) is 2. The van der Waals surface area contributed by atoms with Crippen molar-refractivity contribution in [1.29, 1.82) is 0 Å². The second-order valence-electron chi connectivity index (χ2n) is 7.86. The zero-order valence-electron chi connectivity index (χ0n) is 16.3. The lowest BCUT2D eigenvalue weighted by atomic mass is 9.98. The molecule has 0 unspecified atom stereocenters. The number of carbonyl (C=O) groups is 1. The van der Waals surface area contributed by atoms with Crippen molar-refractivity contribution in [3.05, 3.63) is 29.8 Å². The first-order valence-electron chi connectivity index (χ1n) is 9.61. The Kier molecular flexibility index (Phi) is 7.76. The molecule has 1 aliphatic rings. The first kappa shape index (κ1) is 19.8. The van der Waals surface area contributed by atoms with E-state index in [2.05, 4.69) is 43.0 Å². The minimum Gasteiger partial charge on any atom is -0.494 e. The number of benzene rings is 1. The normalized spacial score (nSPS) is 15.2. The predicted octanol–water partition coefficient (Wildman–Crippen LogP) is 3.80. The highest BCUT2D eigenvalue weighted by molar-refractivity contribution is 5.79. The zero-order chi connectivity index (χ0) is 18.2. The molecular formula is C21H34N2O2. The molecule has 0 spiro atoms. The Bertz CT molecular complexity index is 519. The average molecular weight is 347 g/mol. The van der Waals surface area contributed by atoms with Crippen LogP contribution >= 0.6 is 0 Å². The van der Waals surface area contributed by atoms with E-state index in [-0.39, 0.29) is 11.8 Å². The summed E-state index contributed by atoms with van der Waals surface area (Å²) in [6, 6.07) is 8.39. The number of amides is 1. The molecule has 0 radical (unpaired) electrons. The van der Waals surface area contributed by atoms with Gasteiger partial charge in [0.15, 0.2) is 0 Å². The third-order valence-electron chi connectivity index (χ3n) is 4.77.